The lowest BCUT2D eigenvalue weighted by atomic mass is 10.0. The van der Waals surface area contributed by atoms with Crippen molar-refractivity contribution in [2.24, 2.45) is 0 Å². The summed E-state index contributed by atoms with van der Waals surface area (Å²) in [6.07, 6.45) is 0.957. The SMILES string of the molecule is CCCNC(=O)C(Cc1ccccc1)N(Cc1cccc(OC)c1)C(=O)CN(c1ccccc1)S(=O)(=O)c1ccc(OCC)cc1. The van der Waals surface area contributed by atoms with Crippen LogP contribution in [0.4, 0.5) is 5.69 Å². The van der Waals surface area contributed by atoms with Crippen molar-refractivity contribution in [3.8, 4) is 11.5 Å². The summed E-state index contributed by atoms with van der Waals surface area (Å²) < 4.78 is 40.3. The van der Waals surface area contributed by atoms with Gasteiger partial charge in [0.2, 0.25) is 11.8 Å². The second-order valence-electron chi connectivity index (χ2n) is 10.6. The van der Waals surface area contributed by atoms with Gasteiger partial charge in [0.05, 0.1) is 24.3 Å². The van der Waals surface area contributed by atoms with Crippen molar-refractivity contribution >= 4 is 27.5 Å². The molecule has 2 amide bonds. The maximum Gasteiger partial charge on any atom is 0.264 e. The molecule has 4 aromatic carbocycles. The Hall–Kier alpha value is -4.83. The molecule has 4 aromatic rings. The van der Waals surface area contributed by atoms with Crippen LogP contribution in [0, 0.1) is 0 Å². The van der Waals surface area contributed by atoms with Crippen LogP contribution in [0.5, 0.6) is 11.5 Å². The number of rotatable bonds is 16. The molecule has 0 aliphatic rings. The Balaban J connectivity index is 1.77. The van der Waals surface area contributed by atoms with Gasteiger partial charge in [-0.05, 0) is 73.0 Å². The van der Waals surface area contributed by atoms with Gasteiger partial charge in [-0.15, -0.1) is 0 Å². The summed E-state index contributed by atoms with van der Waals surface area (Å²) in [6.45, 7) is 4.20. The zero-order chi connectivity index (χ0) is 32.9. The maximum absolute atomic E-state index is 14.5. The van der Waals surface area contributed by atoms with Gasteiger partial charge in [0.15, 0.2) is 0 Å². The smallest absolute Gasteiger partial charge is 0.264 e. The van der Waals surface area contributed by atoms with Crippen LogP contribution in [-0.2, 0) is 32.6 Å². The molecule has 0 aliphatic carbocycles. The van der Waals surface area contributed by atoms with E-state index in [-0.39, 0.29) is 23.8 Å². The number of methoxy groups -OCH3 is 1. The Labute approximate surface area is 271 Å². The minimum absolute atomic E-state index is 0.00785. The van der Waals surface area contributed by atoms with Crippen molar-refractivity contribution in [3.63, 3.8) is 0 Å². The van der Waals surface area contributed by atoms with Crippen molar-refractivity contribution in [3.05, 3.63) is 120 Å². The first kappa shape index (κ1) is 34.1. The number of sulfonamides is 1. The molecule has 9 nitrogen and oxygen atoms in total. The third-order valence-corrected chi connectivity index (χ3v) is 9.14. The van der Waals surface area contributed by atoms with Gasteiger partial charge in [-0.2, -0.15) is 0 Å². The lowest BCUT2D eigenvalue weighted by molar-refractivity contribution is -0.140. The summed E-state index contributed by atoms with van der Waals surface area (Å²) >= 11 is 0. The third-order valence-electron chi connectivity index (χ3n) is 7.35. The minimum Gasteiger partial charge on any atom is -0.497 e. The fourth-order valence-corrected chi connectivity index (χ4v) is 6.43. The van der Waals surface area contributed by atoms with E-state index in [0.29, 0.717) is 30.3 Å². The molecule has 0 saturated carbocycles. The Morgan fingerprint density at radius 3 is 2.09 bits per heavy atom. The quantitative estimate of drug-likeness (QED) is 0.174. The summed E-state index contributed by atoms with van der Waals surface area (Å²) in [4.78, 5) is 29.7. The van der Waals surface area contributed by atoms with E-state index in [1.54, 1.807) is 61.7 Å². The highest BCUT2D eigenvalue weighted by Gasteiger charge is 2.34. The van der Waals surface area contributed by atoms with Crippen molar-refractivity contribution in [1.29, 1.82) is 0 Å². The van der Waals surface area contributed by atoms with Crippen LogP contribution < -0.4 is 19.1 Å². The lowest BCUT2D eigenvalue weighted by Gasteiger charge is -2.34. The highest BCUT2D eigenvalue weighted by atomic mass is 32.2. The summed E-state index contributed by atoms with van der Waals surface area (Å²) in [5.41, 5.74) is 1.92. The first-order chi connectivity index (χ1) is 22.3. The second kappa shape index (κ2) is 16.5. The monoisotopic (exact) mass is 643 g/mol. The van der Waals surface area contributed by atoms with Crippen molar-refractivity contribution in [2.75, 3.05) is 31.1 Å². The highest BCUT2D eigenvalue weighted by Crippen LogP contribution is 2.26. The van der Waals surface area contributed by atoms with E-state index in [9.17, 15) is 18.0 Å². The molecule has 46 heavy (non-hydrogen) atoms. The number of benzene rings is 4. The summed E-state index contributed by atoms with van der Waals surface area (Å²) in [5, 5.41) is 2.95. The molecular weight excluding hydrogens is 602 g/mol. The average Bonchev–Trinajstić information content (AvgIpc) is 3.08. The average molecular weight is 644 g/mol. The van der Waals surface area contributed by atoms with Gasteiger partial charge in [0.25, 0.3) is 10.0 Å². The predicted octanol–water partition coefficient (Wildman–Crippen LogP) is 5.46. The van der Waals surface area contributed by atoms with E-state index >= 15 is 0 Å². The highest BCUT2D eigenvalue weighted by molar-refractivity contribution is 7.92. The Morgan fingerprint density at radius 2 is 1.46 bits per heavy atom. The molecule has 0 fully saturated rings. The number of hydrogen-bond donors (Lipinski definition) is 1. The zero-order valence-corrected chi connectivity index (χ0v) is 27.3. The minimum atomic E-state index is -4.21. The first-order valence-corrected chi connectivity index (χ1v) is 16.8. The van der Waals surface area contributed by atoms with Crippen LogP contribution in [0.25, 0.3) is 0 Å². The number of amides is 2. The molecule has 0 aliphatic heterocycles. The number of nitrogens with zero attached hydrogens (tertiary/aromatic N) is 2. The maximum atomic E-state index is 14.5. The van der Waals surface area contributed by atoms with Crippen molar-refractivity contribution < 1.29 is 27.5 Å². The van der Waals surface area contributed by atoms with Crippen LogP contribution in [0.3, 0.4) is 0 Å². The summed E-state index contributed by atoms with van der Waals surface area (Å²) in [5.74, 6) is 0.287. The van der Waals surface area contributed by atoms with Gasteiger partial charge < -0.3 is 19.7 Å². The number of ether oxygens (including phenoxy) is 2. The Morgan fingerprint density at radius 1 is 0.804 bits per heavy atom. The largest absolute Gasteiger partial charge is 0.497 e. The van der Waals surface area contributed by atoms with Gasteiger partial charge in [-0.3, -0.25) is 13.9 Å². The molecule has 0 aromatic heterocycles. The third kappa shape index (κ3) is 8.88. The topological polar surface area (TPSA) is 105 Å². The fourth-order valence-electron chi connectivity index (χ4n) is 5.01. The molecule has 0 saturated heterocycles. The van der Waals surface area contributed by atoms with Crippen LogP contribution in [0.1, 0.15) is 31.4 Å². The van der Waals surface area contributed by atoms with Crippen LogP contribution in [-0.4, -0.2) is 58.0 Å². The number of carbonyl (C=O) groups excluding carboxylic acids is 2. The van der Waals surface area contributed by atoms with Gasteiger partial charge in [-0.25, -0.2) is 8.42 Å². The van der Waals surface area contributed by atoms with E-state index < -0.39 is 28.5 Å². The molecule has 0 spiro atoms. The van der Waals surface area contributed by atoms with Gasteiger partial charge >= 0.3 is 0 Å². The lowest BCUT2D eigenvalue weighted by Crippen LogP contribution is -2.53. The van der Waals surface area contributed by atoms with Crippen LogP contribution in [0.2, 0.25) is 0 Å². The molecule has 242 valence electrons. The van der Waals surface area contributed by atoms with Crippen molar-refractivity contribution in [2.45, 2.75) is 44.2 Å². The fraction of sp³-hybridized carbons (Fsp3) is 0.278. The Kier molecular flexibility index (Phi) is 12.2. The molecule has 1 N–H and O–H groups in total. The number of nitrogens with one attached hydrogen (secondary N) is 1. The second-order valence-corrected chi connectivity index (χ2v) is 12.5. The standard InChI is InChI=1S/C36H41N3O6S/c1-4-23-37-36(41)34(25-28-13-8-6-9-14-28)38(26-29-15-12-18-32(24-29)44-3)35(40)27-39(30-16-10-7-11-17-30)46(42,43)33-21-19-31(20-22-33)45-5-2/h6-22,24,34H,4-5,23,25-27H2,1-3H3,(H,37,41). The molecule has 1 unspecified atom stereocenters. The van der Waals surface area contributed by atoms with Gasteiger partial charge in [0, 0.05) is 19.5 Å². The number of anilines is 1. The molecule has 10 heteroatoms. The van der Waals surface area contributed by atoms with E-state index in [2.05, 4.69) is 5.32 Å². The number of para-hydroxylation sites is 1. The molecule has 0 bridgehead atoms. The van der Waals surface area contributed by atoms with Crippen LogP contribution in [0.15, 0.2) is 114 Å². The number of carbonyl (C=O) groups is 2. The molecule has 1 atom stereocenters. The molecule has 0 heterocycles. The first-order valence-electron chi connectivity index (χ1n) is 15.3. The zero-order valence-electron chi connectivity index (χ0n) is 26.5. The Bertz CT molecular complexity index is 1670. The van der Waals surface area contributed by atoms with E-state index in [1.807, 2.05) is 56.3 Å². The van der Waals surface area contributed by atoms with Gasteiger partial charge in [-0.1, -0.05) is 67.6 Å². The molecule has 0 radical (unpaired) electrons. The van der Waals surface area contributed by atoms with E-state index in [4.69, 9.17) is 9.47 Å². The summed E-state index contributed by atoms with van der Waals surface area (Å²) in [6, 6.07) is 30.4. The normalized spacial score (nSPS) is 11.7. The van der Waals surface area contributed by atoms with E-state index in [1.165, 1.54) is 17.0 Å². The number of hydrogen-bond acceptors (Lipinski definition) is 6. The van der Waals surface area contributed by atoms with Crippen LogP contribution >= 0.6 is 0 Å². The molecule has 4 rings (SSSR count). The molecular formula is C36H41N3O6S. The summed E-state index contributed by atoms with van der Waals surface area (Å²) in [7, 11) is -2.65. The predicted molar refractivity (Wildman–Crippen MR) is 179 cm³/mol. The van der Waals surface area contributed by atoms with Crippen molar-refractivity contribution in [1.82, 2.24) is 10.2 Å². The van der Waals surface area contributed by atoms with E-state index in [0.717, 1.165) is 21.9 Å². The van der Waals surface area contributed by atoms with Gasteiger partial charge in [0.1, 0.15) is 24.1 Å².